The molecule has 1 aliphatic rings. The van der Waals surface area contributed by atoms with Crippen molar-refractivity contribution in [2.24, 2.45) is 0 Å². The summed E-state index contributed by atoms with van der Waals surface area (Å²) in [7, 11) is 0.648. The molecule has 0 aromatic heterocycles. The molecule has 0 radical (unpaired) electrons. The summed E-state index contributed by atoms with van der Waals surface area (Å²) in [6.45, 7) is 3.29. The van der Waals surface area contributed by atoms with Crippen LogP contribution in [0, 0.1) is 0 Å². The zero-order valence-electron chi connectivity index (χ0n) is 9.05. The van der Waals surface area contributed by atoms with Gasteiger partial charge in [-0.1, -0.05) is 6.92 Å². The van der Waals surface area contributed by atoms with Crippen LogP contribution in [-0.4, -0.2) is 30.5 Å². The van der Waals surface area contributed by atoms with Crippen LogP contribution >= 0.6 is 0 Å². The van der Waals surface area contributed by atoms with Crippen LogP contribution in [0.2, 0.25) is 0 Å². The molecule has 0 saturated carbocycles. The minimum Gasteiger partial charge on any atom is -0.378 e. The third kappa shape index (κ3) is 4.92. The zero-order chi connectivity index (χ0) is 9.52. The molecule has 13 heavy (non-hydrogen) atoms. The Morgan fingerprint density at radius 3 is 2.77 bits per heavy atom. The third-order valence-corrected chi connectivity index (χ3v) is 4.65. The SMILES string of the molecule is CCC[S+](C)CCC1CCCCO1. The van der Waals surface area contributed by atoms with E-state index in [-0.39, 0.29) is 0 Å². The maximum Gasteiger partial charge on any atom is 0.110 e. The molecule has 78 valence electrons. The molecule has 1 rings (SSSR count). The standard InChI is InChI=1S/C11H23OS/c1-3-9-13(2)10-7-11-6-4-5-8-12-11/h11H,3-10H2,1-2H3/q+1. The second-order valence-corrected chi connectivity index (χ2v) is 6.35. The molecule has 0 N–H and O–H groups in total. The maximum atomic E-state index is 5.71. The Balaban J connectivity index is 2.03. The first kappa shape index (κ1) is 11.4. The minimum atomic E-state index is 0.598. The molecule has 2 atom stereocenters. The molecular formula is C11H23OS+. The first-order valence-corrected chi connectivity index (χ1v) is 7.50. The first-order chi connectivity index (χ1) is 6.33. The maximum absolute atomic E-state index is 5.71. The van der Waals surface area contributed by atoms with Crippen molar-refractivity contribution < 1.29 is 4.74 Å². The van der Waals surface area contributed by atoms with E-state index >= 15 is 0 Å². The van der Waals surface area contributed by atoms with Gasteiger partial charge in [-0.3, -0.25) is 0 Å². The van der Waals surface area contributed by atoms with Crippen LogP contribution < -0.4 is 0 Å². The van der Waals surface area contributed by atoms with E-state index in [0.717, 1.165) is 6.61 Å². The summed E-state index contributed by atoms with van der Waals surface area (Å²) in [4.78, 5) is 0. The van der Waals surface area contributed by atoms with E-state index in [1.807, 2.05) is 0 Å². The summed E-state index contributed by atoms with van der Waals surface area (Å²) in [6, 6.07) is 0. The molecule has 1 aliphatic heterocycles. The Hall–Kier alpha value is 0.310. The predicted molar refractivity (Wildman–Crippen MR) is 61.5 cm³/mol. The number of ether oxygens (including phenoxy) is 1. The van der Waals surface area contributed by atoms with Crippen molar-refractivity contribution in [1.82, 2.24) is 0 Å². The van der Waals surface area contributed by atoms with E-state index in [4.69, 9.17) is 4.74 Å². The van der Waals surface area contributed by atoms with Crippen molar-refractivity contribution in [1.29, 1.82) is 0 Å². The van der Waals surface area contributed by atoms with E-state index in [1.54, 1.807) is 0 Å². The molecule has 1 fully saturated rings. The largest absolute Gasteiger partial charge is 0.378 e. The van der Waals surface area contributed by atoms with Crippen LogP contribution in [0.25, 0.3) is 0 Å². The van der Waals surface area contributed by atoms with E-state index in [9.17, 15) is 0 Å². The van der Waals surface area contributed by atoms with Crippen LogP contribution in [0.15, 0.2) is 0 Å². The lowest BCUT2D eigenvalue weighted by Crippen LogP contribution is -2.23. The van der Waals surface area contributed by atoms with Gasteiger partial charge in [0.15, 0.2) is 0 Å². The van der Waals surface area contributed by atoms with Crippen LogP contribution in [0.5, 0.6) is 0 Å². The van der Waals surface area contributed by atoms with Gasteiger partial charge in [0.1, 0.15) is 11.5 Å². The molecule has 0 aromatic rings. The molecule has 0 aliphatic carbocycles. The lowest BCUT2D eigenvalue weighted by atomic mass is 10.1. The Bertz CT molecular complexity index is 121. The van der Waals surface area contributed by atoms with Crippen LogP contribution in [0.4, 0.5) is 0 Å². The monoisotopic (exact) mass is 203 g/mol. The summed E-state index contributed by atoms with van der Waals surface area (Å²) in [5.41, 5.74) is 0. The van der Waals surface area contributed by atoms with E-state index in [0.29, 0.717) is 17.0 Å². The van der Waals surface area contributed by atoms with Gasteiger partial charge in [0.25, 0.3) is 0 Å². The van der Waals surface area contributed by atoms with Gasteiger partial charge in [0.2, 0.25) is 0 Å². The zero-order valence-corrected chi connectivity index (χ0v) is 9.87. The molecule has 0 spiro atoms. The number of rotatable bonds is 5. The van der Waals surface area contributed by atoms with E-state index in [2.05, 4.69) is 13.2 Å². The second-order valence-electron chi connectivity index (χ2n) is 3.97. The topological polar surface area (TPSA) is 9.23 Å². The molecule has 2 heteroatoms. The van der Waals surface area contributed by atoms with Gasteiger partial charge in [-0.2, -0.15) is 0 Å². The number of hydrogen-bond donors (Lipinski definition) is 0. The van der Waals surface area contributed by atoms with Gasteiger partial charge in [-0.05, 0) is 36.6 Å². The summed E-state index contributed by atoms with van der Waals surface area (Å²) < 4.78 is 5.71. The van der Waals surface area contributed by atoms with Crippen LogP contribution in [-0.2, 0) is 15.6 Å². The molecule has 2 unspecified atom stereocenters. The lowest BCUT2D eigenvalue weighted by Gasteiger charge is -2.21. The van der Waals surface area contributed by atoms with Crippen molar-refractivity contribution in [2.75, 3.05) is 24.4 Å². The van der Waals surface area contributed by atoms with E-state index in [1.165, 1.54) is 43.6 Å². The van der Waals surface area contributed by atoms with Crippen LogP contribution in [0.3, 0.4) is 0 Å². The molecule has 1 saturated heterocycles. The number of hydrogen-bond acceptors (Lipinski definition) is 1. The highest BCUT2D eigenvalue weighted by atomic mass is 32.2. The fourth-order valence-corrected chi connectivity index (χ4v) is 3.38. The molecular weight excluding hydrogens is 180 g/mol. The summed E-state index contributed by atoms with van der Waals surface area (Å²) in [5.74, 6) is 2.80. The second kappa shape index (κ2) is 6.72. The third-order valence-electron chi connectivity index (χ3n) is 2.61. The molecule has 1 heterocycles. The van der Waals surface area contributed by atoms with Gasteiger partial charge in [0, 0.05) is 13.0 Å². The Morgan fingerprint density at radius 1 is 1.31 bits per heavy atom. The van der Waals surface area contributed by atoms with Crippen molar-refractivity contribution in [2.45, 2.75) is 45.1 Å². The smallest absolute Gasteiger partial charge is 0.110 e. The normalized spacial score (nSPS) is 25.8. The fraction of sp³-hybridized carbons (Fsp3) is 1.00. The van der Waals surface area contributed by atoms with Crippen molar-refractivity contribution in [3.63, 3.8) is 0 Å². The molecule has 0 bridgehead atoms. The Morgan fingerprint density at radius 2 is 2.15 bits per heavy atom. The van der Waals surface area contributed by atoms with Gasteiger partial charge < -0.3 is 4.74 Å². The summed E-state index contributed by atoms with van der Waals surface area (Å²) >= 11 is 0. The molecule has 0 aromatic carbocycles. The fourth-order valence-electron chi connectivity index (χ4n) is 1.82. The molecule has 1 nitrogen and oxygen atoms in total. The highest BCUT2D eigenvalue weighted by Crippen LogP contribution is 2.16. The first-order valence-electron chi connectivity index (χ1n) is 5.53. The summed E-state index contributed by atoms with van der Waals surface area (Å²) in [6.07, 6.45) is 9.61. The van der Waals surface area contributed by atoms with Gasteiger partial charge in [0.05, 0.1) is 12.4 Å². The highest BCUT2D eigenvalue weighted by Gasteiger charge is 2.17. The lowest BCUT2D eigenvalue weighted by molar-refractivity contribution is 0.0149. The van der Waals surface area contributed by atoms with Crippen molar-refractivity contribution in [3.8, 4) is 0 Å². The van der Waals surface area contributed by atoms with Crippen molar-refractivity contribution >= 4 is 10.9 Å². The van der Waals surface area contributed by atoms with Gasteiger partial charge in [-0.15, -0.1) is 0 Å². The Kier molecular flexibility index (Phi) is 5.88. The van der Waals surface area contributed by atoms with Crippen molar-refractivity contribution in [3.05, 3.63) is 0 Å². The Labute approximate surface area is 85.6 Å². The van der Waals surface area contributed by atoms with Crippen LogP contribution in [0.1, 0.15) is 39.0 Å². The quantitative estimate of drug-likeness (QED) is 0.624. The molecule has 0 amide bonds. The minimum absolute atomic E-state index is 0.598. The van der Waals surface area contributed by atoms with Gasteiger partial charge in [-0.25, -0.2) is 0 Å². The van der Waals surface area contributed by atoms with E-state index < -0.39 is 0 Å². The summed E-state index contributed by atoms with van der Waals surface area (Å²) in [5, 5.41) is 0. The highest BCUT2D eigenvalue weighted by molar-refractivity contribution is 7.96. The average molecular weight is 203 g/mol. The predicted octanol–water partition coefficient (Wildman–Crippen LogP) is 2.60. The van der Waals surface area contributed by atoms with Gasteiger partial charge >= 0.3 is 0 Å². The average Bonchev–Trinajstić information content (AvgIpc) is 2.17.